The number of rotatable bonds is 5. The zero-order valence-electron chi connectivity index (χ0n) is 14.5. The lowest BCUT2D eigenvalue weighted by molar-refractivity contribution is 0.457. The van der Waals surface area contributed by atoms with Gasteiger partial charge in [0.15, 0.2) is 0 Å². The van der Waals surface area contributed by atoms with E-state index in [4.69, 9.17) is 9.31 Å². The van der Waals surface area contributed by atoms with Crippen molar-refractivity contribution in [3.8, 4) is 11.5 Å². The fraction of sp³-hybridized carbons (Fsp3) is 0.368. The van der Waals surface area contributed by atoms with Crippen LogP contribution in [0.25, 0.3) is 0 Å². The molecule has 0 spiro atoms. The minimum atomic E-state index is -1.60. The van der Waals surface area contributed by atoms with Crippen molar-refractivity contribution in [2.24, 2.45) is 0 Å². The van der Waals surface area contributed by atoms with Crippen LogP contribution in [0.2, 0.25) is 24.5 Å². The molecule has 1 aliphatic heterocycles. The average molecular weight is 324 g/mol. The molecular weight excluding hydrogens is 299 g/mol. The van der Waals surface area contributed by atoms with Crippen molar-refractivity contribution in [2.75, 3.05) is 0 Å². The molecule has 1 aliphatic rings. The van der Waals surface area contributed by atoms with E-state index in [0.29, 0.717) is 11.4 Å². The Labute approximate surface area is 141 Å². The molecule has 0 saturated heterocycles. The lowest BCUT2D eigenvalue weighted by Gasteiger charge is -2.35. The van der Waals surface area contributed by atoms with Gasteiger partial charge in [-0.2, -0.15) is 0 Å². The summed E-state index contributed by atoms with van der Waals surface area (Å²) in [6, 6.07) is 18.9. The van der Waals surface area contributed by atoms with E-state index in [-0.39, 0.29) is 7.12 Å². The lowest BCUT2D eigenvalue weighted by Crippen LogP contribution is -2.49. The third-order valence-electron chi connectivity index (χ3n) is 5.45. The maximum Gasteiger partial charge on any atom is 0.598 e. The van der Waals surface area contributed by atoms with Crippen LogP contribution in [-0.2, 0) is 0 Å². The van der Waals surface area contributed by atoms with Crippen molar-refractivity contribution in [1.29, 1.82) is 0 Å². The Bertz CT molecular complexity index is 634. The van der Waals surface area contributed by atoms with Gasteiger partial charge in [0.05, 0.1) is 8.07 Å². The first-order chi connectivity index (χ1) is 11.0. The minimum Gasteiger partial charge on any atom is -0.523 e. The summed E-state index contributed by atoms with van der Waals surface area (Å²) >= 11 is 0. The van der Waals surface area contributed by atoms with Gasteiger partial charge in [-0.3, -0.25) is 0 Å². The number of hydrogen-bond acceptors (Lipinski definition) is 2. The summed E-state index contributed by atoms with van der Waals surface area (Å²) in [5.74, 6) is 2.15. The van der Waals surface area contributed by atoms with Crippen LogP contribution in [0.5, 0.6) is 11.5 Å². The monoisotopic (exact) mass is 324 g/mol. The van der Waals surface area contributed by atoms with Crippen LogP contribution in [0.3, 0.4) is 0 Å². The summed E-state index contributed by atoms with van der Waals surface area (Å²) in [7, 11) is -1.76. The van der Waals surface area contributed by atoms with E-state index >= 15 is 0 Å². The van der Waals surface area contributed by atoms with Crippen LogP contribution in [-0.4, -0.2) is 15.2 Å². The van der Waals surface area contributed by atoms with Gasteiger partial charge < -0.3 is 9.31 Å². The first kappa shape index (κ1) is 16.2. The molecule has 0 aromatic heterocycles. The molecule has 120 valence electrons. The van der Waals surface area contributed by atoms with Gasteiger partial charge in [0.1, 0.15) is 11.5 Å². The SMILES string of the molecule is CC[C@@H](B1Oc2ccccc2O1)[C@H](C)[Si](C)(C)c1ccccc1. The molecule has 2 nitrogen and oxygen atoms in total. The highest BCUT2D eigenvalue weighted by Gasteiger charge is 2.47. The number of benzene rings is 2. The van der Waals surface area contributed by atoms with Crippen molar-refractivity contribution < 1.29 is 9.31 Å². The molecular formula is C19H25BO2Si. The number of hydrogen-bond donors (Lipinski definition) is 0. The summed E-state index contributed by atoms with van der Waals surface area (Å²) in [5, 5.41) is 1.50. The molecule has 0 fully saturated rings. The van der Waals surface area contributed by atoms with E-state index < -0.39 is 8.07 Å². The summed E-state index contributed by atoms with van der Waals surface area (Å²) in [6.45, 7) is 9.53. The van der Waals surface area contributed by atoms with E-state index in [1.165, 1.54) is 5.19 Å². The maximum atomic E-state index is 6.11. The van der Waals surface area contributed by atoms with Gasteiger partial charge in [-0.05, 0) is 17.7 Å². The Hall–Kier alpha value is -1.68. The van der Waals surface area contributed by atoms with E-state index in [0.717, 1.165) is 17.9 Å². The molecule has 4 heteroatoms. The Balaban J connectivity index is 1.81. The minimum absolute atomic E-state index is 0.164. The predicted molar refractivity (Wildman–Crippen MR) is 100 cm³/mol. The van der Waals surface area contributed by atoms with Crippen LogP contribution in [0.1, 0.15) is 20.3 Å². The molecule has 0 amide bonds. The summed E-state index contributed by atoms with van der Waals surface area (Å²) in [5.41, 5.74) is 0.564. The Morgan fingerprint density at radius 1 is 0.913 bits per heavy atom. The highest BCUT2D eigenvalue weighted by atomic mass is 28.3. The predicted octanol–water partition coefficient (Wildman–Crippen LogP) is 4.73. The van der Waals surface area contributed by atoms with Gasteiger partial charge in [-0.1, -0.05) is 81.0 Å². The quantitative estimate of drug-likeness (QED) is 0.740. The maximum absolute atomic E-state index is 6.11. The lowest BCUT2D eigenvalue weighted by atomic mass is 9.68. The van der Waals surface area contributed by atoms with Gasteiger partial charge in [0, 0.05) is 5.82 Å². The van der Waals surface area contributed by atoms with E-state index in [1.54, 1.807) is 0 Å². The number of fused-ring (bicyclic) bond motifs is 1. The van der Waals surface area contributed by atoms with Gasteiger partial charge in [0.25, 0.3) is 0 Å². The summed E-state index contributed by atoms with van der Waals surface area (Å²) < 4.78 is 12.2. The molecule has 0 unspecified atom stereocenters. The highest BCUT2D eigenvalue weighted by molar-refractivity contribution is 6.91. The third-order valence-corrected chi connectivity index (χ3v) is 9.98. The first-order valence-corrected chi connectivity index (χ1v) is 11.6. The largest absolute Gasteiger partial charge is 0.598 e. The average Bonchev–Trinajstić information content (AvgIpc) is 2.99. The van der Waals surface area contributed by atoms with Crippen LogP contribution in [0.15, 0.2) is 54.6 Å². The molecule has 2 aromatic rings. The topological polar surface area (TPSA) is 18.5 Å². The van der Waals surface area contributed by atoms with Gasteiger partial charge in [0.2, 0.25) is 0 Å². The second kappa shape index (κ2) is 6.44. The second-order valence-corrected chi connectivity index (χ2v) is 11.9. The highest BCUT2D eigenvalue weighted by Crippen LogP contribution is 2.43. The van der Waals surface area contributed by atoms with E-state index in [1.807, 2.05) is 24.3 Å². The number of para-hydroxylation sites is 2. The van der Waals surface area contributed by atoms with Crippen molar-refractivity contribution in [1.82, 2.24) is 0 Å². The molecule has 23 heavy (non-hydrogen) atoms. The Morgan fingerprint density at radius 3 is 1.96 bits per heavy atom. The molecule has 3 rings (SSSR count). The van der Waals surface area contributed by atoms with Crippen molar-refractivity contribution in [3.05, 3.63) is 54.6 Å². The van der Waals surface area contributed by atoms with Crippen molar-refractivity contribution in [2.45, 2.75) is 44.7 Å². The van der Waals surface area contributed by atoms with E-state index in [2.05, 4.69) is 57.3 Å². The van der Waals surface area contributed by atoms with Crippen LogP contribution < -0.4 is 14.5 Å². The van der Waals surface area contributed by atoms with Gasteiger partial charge in [-0.15, -0.1) is 0 Å². The van der Waals surface area contributed by atoms with Crippen LogP contribution in [0, 0.1) is 0 Å². The van der Waals surface area contributed by atoms with Gasteiger partial charge in [-0.25, -0.2) is 0 Å². The molecule has 0 aliphatic carbocycles. The Kier molecular flexibility index (Phi) is 4.53. The van der Waals surface area contributed by atoms with E-state index in [9.17, 15) is 0 Å². The summed E-state index contributed by atoms with van der Waals surface area (Å²) in [4.78, 5) is 0. The van der Waals surface area contributed by atoms with Gasteiger partial charge >= 0.3 is 7.12 Å². The standard InChI is InChI=1S/C19H25BO2Si/c1-5-17(20-21-18-13-9-10-14-19(18)22-20)15(2)23(3,4)16-11-7-6-8-12-16/h6-15,17H,5H2,1-4H3/t15-,17+/m0/s1. The van der Waals surface area contributed by atoms with Crippen LogP contribution >= 0.6 is 0 Å². The summed E-state index contributed by atoms with van der Waals surface area (Å²) in [6.07, 6.45) is 1.06. The van der Waals surface area contributed by atoms with Crippen LogP contribution in [0.4, 0.5) is 0 Å². The first-order valence-electron chi connectivity index (χ1n) is 8.52. The molecule has 2 aromatic carbocycles. The zero-order chi connectivity index (χ0) is 16.4. The fourth-order valence-corrected chi connectivity index (χ4v) is 6.58. The molecule has 0 radical (unpaired) electrons. The molecule has 2 atom stereocenters. The van der Waals surface area contributed by atoms with Crippen molar-refractivity contribution >= 4 is 20.4 Å². The second-order valence-electron chi connectivity index (χ2n) is 7.00. The van der Waals surface area contributed by atoms with Crippen molar-refractivity contribution in [3.63, 3.8) is 0 Å². The molecule has 0 N–H and O–H groups in total. The zero-order valence-corrected chi connectivity index (χ0v) is 15.5. The molecule has 0 bridgehead atoms. The molecule has 1 heterocycles. The normalized spacial score (nSPS) is 16.3. The molecule has 0 saturated carbocycles. The smallest absolute Gasteiger partial charge is 0.523 e. The fourth-order valence-electron chi connectivity index (χ4n) is 3.54. The third kappa shape index (κ3) is 3.05. The Morgan fingerprint density at radius 2 is 1.43 bits per heavy atom.